The molecule has 1 saturated heterocycles. The fourth-order valence-corrected chi connectivity index (χ4v) is 5.30. The highest BCUT2D eigenvalue weighted by Gasteiger charge is 2.46. The molecule has 3 aromatic rings. The van der Waals surface area contributed by atoms with Gasteiger partial charge in [0, 0.05) is 12.1 Å². The van der Waals surface area contributed by atoms with Gasteiger partial charge in [0.2, 0.25) is 0 Å². The zero-order valence-electron chi connectivity index (χ0n) is 25.0. The Bertz CT molecular complexity index is 1460. The molecule has 5 heteroatoms. The first-order valence-electron chi connectivity index (χ1n) is 14.1. The fourth-order valence-electron chi connectivity index (χ4n) is 5.30. The summed E-state index contributed by atoms with van der Waals surface area (Å²) in [5.74, 6) is -0.563. The first-order valence-corrected chi connectivity index (χ1v) is 14.1. The Labute approximate surface area is 238 Å². The van der Waals surface area contributed by atoms with E-state index in [2.05, 4.69) is 40.7 Å². The minimum atomic E-state index is -0.719. The van der Waals surface area contributed by atoms with Crippen LogP contribution >= 0.6 is 0 Å². The van der Waals surface area contributed by atoms with Gasteiger partial charge in [-0.2, -0.15) is 0 Å². The number of aryl methyl sites for hydroxylation is 2. The minimum absolute atomic E-state index is 0.0471. The Morgan fingerprint density at radius 2 is 1.65 bits per heavy atom. The average molecular weight is 540 g/mol. The maximum Gasteiger partial charge on any atom is 0.295 e. The molecule has 4 rings (SSSR count). The number of aliphatic hydroxyl groups excluding tert-OH is 1. The van der Waals surface area contributed by atoms with E-state index in [0.717, 1.165) is 39.1 Å². The lowest BCUT2D eigenvalue weighted by Crippen LogP contribution is -2.29. The van der Waals surface area contributed by atoms with E-state index in [9.17, 15) is 14.7 Å². The number of hydrogen-bond donors (Lipinski definition) is 1. The van der Waals surface area contributed by atoms with Crippen LogP contribution in [0.3, 0.4) is 0 Å². The van der Waals surface area contributed by atoms with E-state index in [1.807, 2.05) is 69.3 Å². The number of benzene rings is 3. The van der Waals surface area contributed by atoms with Crippen LogP contribution in [0.1, 0.15) is 92.4 Å². The second-order valence-corrected chi connectivity index (χ2v) is 12.1. The van der Waals surface area contributed by atoms with Gasteiger partial charge >= 0.3 is 0 Å². The van der Waals surface area contributed by atoms with Crippen molar-refractivity contribution >= 4 is 17.4 Å². The molecule has 0 bridgehead atoms. The summed E-state index contributed by atoms with van der Waals surface area (Å²) in [7, 11) is 0. The predicted octanol–water partition coefficient (Wildman–Crippen LogP) is 7.74. The maximum absolute atomic E-state index is 13.6. The monoisotopic (exact) mass is 539 g/mol. The summed E-state index contributed by atoms with van der Waals surface area (Å²) in [5.41, 5.74) is 6.52. The molecular weight excluding hydrogens is 498 g/mol. The van der Waals surface area contributed by atoms with Crippen LogP contribution in [0.15, 0.2) is 66.2 Å². The number of nitrogens with zero attached hydrogens (tertiary/aromatic N) is 1. The van der Waals surface area contributed by atoms with Crippen molar-refractivity contribution < 1.29 is 19.4 Å². The summed E-state index contributed by atoms with van der Waals surface area (Å²) in [6.07, 6.45) is 0. The molecule has 1 atom stereocenters. The quantitative estimate of drug-likeness (QED) is 0.189. The molecule has 1 unspecified atom stereocenters. The molecule has 0 radical (unpaired) electrons. The summed E-state index contributed by atoms with van der Waals surface area (Å²) in [6.45, 7) is 17.3. The van der Waals surface area contributed by atoms with E-state index in [1.165, 1.54) is 0 Å². The van der Waals surface area contributed by atoms with Crippen molar-refractivity contribution in [3.63, 3.8) is 0 Å². The molecule has 1 heterocycles. The lowest BCUT2D eigenvalue weighted by molar-refractivity contribution is -0.140. The third-order valence-electron chi connectivity index (χ3n) is 7.68. The number of carbonyl (C=O) groups excluding carboxylic acids is 2. The van der Waals surface area contributed by atoms with Crippen LogP contribution < -0.4 is 4.74 Å². The van der Waals surface area contributed by atoms with Crippen LogP contribution in [-0.4, -0.2) is 28.3 Å². The minimum Gasteiger partial charge on any atom is -0.507 e. The van der Waals surface area contributed by atoms with Crippen molar-refractivity contribution in [3.8, 4) is 5.75 Å². The van der Waals surface area contributed by atoms with E-state index in [0.29, 0.717) is 12.2 Å². The van der Waals surface area contributed by atoms with E-state index in [1.54, 1.807) is 11.0 Å². The average Bonchev–Trinajstić information content (AvgIpc) is 3.15. The lowest BCUT2D eigenvalue weighted by atomic mass is 9.85. The van der Waals surface area contributed by atoms with Gasteiger partial charge in [-0.1, -0.05) is 82.6 Å². The lowest BCUT2D eigenvalue weighted by Gasteiger charge is -2.27. The van der Waals surface area contributed by atoms with Crippen molar-refractivity contribution in [2.24, 2.45) is 0 Å². The smallest absolute Gasteiger partial charge is 0.295 e. The van der Waals surface area contributed by atoms with Crippen LogP contribution in [0.25, 0.3) is 5.76 Å². The third-order valence-corrected chi connectivity index (χ3v) is 7.68. The Kier molecular flexibility index (Phi) is 8.25. The van der Waals surface area contributed by atoms with E-state index < -0.39 is 17.7 Å². The Morgan fingerprint density at radius 3 is 2.25 bits per heavy atom. The van der Waals surface area contributed by atoms with E-state index >= 15 is 0 Å². The molecule has 5 nitrogen and oxygen atoms in total. The fraction of sp³-hybridized carbons (Fsp3) is 0.371. The zero-order valence-corrected chi connectivity index (χ0v) is 25.0. The molecular formula is C35H41NO4. The molecule has 0 spiro atoms. The molecule has 1 amide bonds. The van der Waals surface area contributed by atoms with Gasteiger partial charge in [-0.3, -0.25) is 9.59 Å². The summed E-state index contributed by atoms with van der Waals surface area (Å²) in [6, 6.07) is 18.9. The molecule has 1 fully saturated rings. The highest BCUT2D eigenvalue weighted by atomic mass is 16.5. The van der Waals surface area contributed by atoms with Gasteiger partial charge in [-0.15, -0.1) is 0 Å². The molecule has 1 aliphatic heterocycles. The third kappa shape index (κ3) is 5.70. The van der Waals surface area contributed by atoms with Crippen molar-refractivity contribution in [1.29, 1.82) is 0 Å². The Morgan fingerprint density at radius 1 is 0.975 bits per heavy atom. The van der Waals surface area contributed by atoms with Gasteiger partial charge in [-0.25, -0.2) is 0 Å². The molecule has 1 aliphatic rings. The summed E-state index contributed by atoms with van der Waals surface area (Å²) in [5, 5.41) is 11.7. The van der Waals surface area contributed by atoms with Gasteiger partial charge in [-0.05, 0) is 78.1 Å². The zero-order chi connectivity index (χ0) is 29.4. The highest BCUT2D eigenvalue weighted by molar-refractivity contribution is 6.46. The van der Waals surface area contributed by atoms with Crippen LogP contribution in [0.5, 0.6) is 5.75 Å². The Hall–Kier alpha value is -3.86. The topological polar surface area (TPSA) is 66.8 Å². The molecule has 210 valence electrons. The van der Waals surface area contributed by atoms with Crippen LogP contribution in [0.4, 0.5) is 0 Å². The molecule has 0 aliphatic carbocycles. The first kappa shape index (κ1) is 29.1. The summed E-state index contributed by atoms with van der Waals surface area (Å²) in [4.78, 5) is 28.8. The molecule has 0 saturated carbocycles. The SMILES string of the molecule is CCOc1ccc(/C(O)=C2/C(=O)C(=O)N(Cc3cc(C)ccc3C)C2c2ccc(C(C)(C)C)cc2)cc1C(C)C. The van der Waals surface area contributed by atoms with Crippen molar-refractivity contribution in [2.75, 3.05) is 6.61 Å². The molecule has 40 heavy (non-hydrogen) atoms. The van der Waals surface area contributed by atoms with Crippen molar-refractivity contribution in [1.82, 2.24) is 4.90 Å². The second kappa shape index (κ2) is 11.3. The number of carbonyl (C=O) groups is 2. The van der Waals surface area contributed by atoms with E-state index in [4.69, 9.17) is 4.74 Å². The number of amides is 1. The van der Waals surface area contributed by atoms with Gasteiger partial charge in [0.25, 0.3) is 11.7 Å². The number of ether oxygens (including phenoxy) is 1. The van der Waals surface area contributed by atoms with E-state index in [-0.39, 0.29) is 29.2 Å². The van der Waals surface area contributed by atoms with Crippen LogP contribution in [0.2, 0.25) is 0 Å². The second-order valence-electron chi connectivity index (χ2n) is 12.1. The number of Topliss-reactive ketones (excluding diaryl/α,β-unsaturated/α-hetero) is 1. The first-order chi connectivity index (χ1) is 18.8. The summed E-state index contributed by atoms with van der Waals surface area (Å²) >= 11 is 0. The van der Waals surface area contributed by atoms with Gasteiger partial charge in [0.15, 0.2) is 0 Å². The van der Waals surface area contributed by atoms with Crippen LogP contribution in [-0.2, 0) is 21.5 Å². The van der Waals surface area contributed by atoms with Gasteiger partial charge < -0.3 is 14.7 Å². The molecule has 0 aromatic heterocycles. The highest BCUT2D eigenvalue weighted by Crippen LogP contribution is 2.42. The van der Waals surface area contributed by atoms with Crippen molar-refractivity contribution in [2.45, 2.75) is 79.3 Å². The maximum atomic E-state index is 13.6. The van der Waals surface area contributed by atoms with Crippen molar-refractivity contribution in [3.05, 3.63) is 105 Å². The standard InChI is InChI=1S/C35H41NO4/c1-9-40-29-17-14-25(19-28(29)21(2)3)32(37)30-31(24-12-15-27(16-13-24)35(6,7)8)36(34(39)33(30)38)20-26-18-22(4)10-11-23(26)5/h10-19,21,31,37H,9,20H2,1-8H3/b32-30-. The predicted molar refractivity (Wildman–Crippen MR) is 161 cm³/mol. The van der Waals surface area contributed by atoms with Gasteiger partial charge in [0.05, 0.1) is 18.2 Å². The molecule has 1 N–H and O–H groups in total. The molecule has 3 aromatic carbocycles. The van der Waals surface area contributed by atoms with Crippen LogP contribution in [0, 0.1) is 13.8 Å². The number of rotatable bonds is 7. The number of hydrogen-bond acceptors (Lipinski definition) is 4. The normalized spacial score (nSPS) is 17.1. The van der Waals surface area contributed by atoms with Gasteiger partial charge in [0.1, 0.15) is 11.5 Å². The Balaban J connectivity index is 1.90. The number of likely N-dealkylation sites (tertiary alicyclic amines) is 1. The largest absolute Gasteiger partial charge is 0.507 e. The summed E-state index contributed by atoms with van der Waals surface area (Å²) < 4.78 is 5.80. The number of aliphatic hydroxyl groups is 1. The number of ketones is 1.